The molecule has 6 radical (unpaired) electrons. The summed E-state index contributed by atoms with van der Waals surface area (Å²) in [6.07, 6.45) is -0.0322. The van der Waals surface area contributed by atoms with Gasteiger partial charge >= 0.3 is 14.8 Å². The van der Waals surface area contributed by atoms with Crippen LogP contribution in [0.1, 0.15) is 48.5 Å². The van der Waals surface area contributed by atoms with Crippen molar-refractivity contribution < 1.29 is 21.9 Å². The molecule has 0 spiro atoms. The lowest BCUT2D eigenvalue weighted by molar-refractivity contribution is -0.138. The molecule has 0 atom stereocenters. The summed E-state index contributed by atoms with van der Waals surface area (Å²) in [5.74, 6) is -0.473. The van der Waals surface area contributed by atoms with Gasteiger partial charge in [0.1, 0.15) is 0 Å². The van der Waals surface area contributed by atoms with E-state index in [2.05, 4.69) is 6.58 Å². The van der Waals surface area contributed by atoms with Gasteiger partial charge in [0, 0.05) is 5.57 Å². The van der Waals surface area contributed by atoms with E-state index in [1.807, 2.05) is 58.6 Å². The standard InChI is InChI=1S/C17H28O5Si4/c1-13(2)9-23-20-26(21-24-10-14(3)4,22-25-11-15(5)6)12-19-17(18)16(7)8/h9-11H,7,12H2,1-6,8H3. The van der Waals surface area contributed by atoms with Crippen LogP contribution in [0, 0.1) is 0 Å². The van der Waals surface area contributed by atoms with Crippen molar-refractivity contribution in [3.63, 3.8) is 0 Å². The van der Waals surface area contributed by atoms with Gasteiger partial charge in [-0.1, -0.05) is 40.4 Å². The molecule has 142 valence electrons. The van der Waals surface area contributed by atoms with Crippen LogP contribution in [0.5, 0.6) is 0 Å². The molecule has 0 bridgehead atoms. The zero-order chi connectivity index (χ0) is 20.2. The summed E-state index contributed by atoms with van der Waals surface area (Å²) in [6.45, 7) is 17.2. The Kier molecular flexibility index (Phi) is 12.9. The third-order valence-corrected chi connectivity index (χ3v) is 10.1. The topological polar surface area (TPSA) is 54.0 Å². The molecular weight excluding hydrogens is 397 g/mol. The molecule has 0 unspecified atom stereocenters. The van der Waals surface area contributed by atoms with Crippen molar-refractivity contribution in [1.82, 2.24) is 0 Å². The van der Waals surface area contributed by atoms with Crippen molar-refractivity contribution in [2.75, 3.05) is 6.23 Å². The predicted molar refractivity (Wildman–Crippen MR) is 110 cm³/mol. The largest absolute Gasteiger partial charge is 0.509 e. The van der Waals surface area contributed by atoms with Gasteiger partial charge in [-0.05, 0) is 48.5 Å². The highest BCUT2D eigenvalue weighted by atomic mass is 28.5. The number of esters is 1. The van der Waals surface area contributed by atoms with Crippen LogP contribution in [-0.2, 0) is 21.9 Å². The van der Waals surface area contributed by atoms with Crippen LogP contribution < -0.4 is 0 Å². The SMILES string of the molecule is C=C(C)C(=O)OC[Si](O[Si]C=C(C)C)(O[Si]C=C(C)C)O[Si]C=C(C)C. The fourth-order valence-electron chi connectivity index (χ4n) is 1.14. The second kappa shape index (κ2) is 13.4. The van der Waals surface area contributed by atoms with Crippen molar-refractivity contribution in [3.8, 4) is 0 Å². The molecule has 0 aliphatic carbocycles. The highest BCUT2D eigenvalue weighted by Crippen LogP contribution is 2.12. The number of carbonyl (C=O) groups excluding carboxylic acids is 1. The van der Waals surface area contributed by atoms with E-state index in [1.54, 1.807) is 6.92 Å². The molecule has 9 heteroatoms. The summed E-state index contributed by atoms with van der Waals surface area (Å²) < 4.78 is 23.4. The van der Waals surface area contributed by atoms with Crippen molar-refractivity contribution in [2.45, 2.75) is 48.5 Å². The highest BCUT2D eigenvalue weighted by molar-refractivity contribution is 6.75. The fourth-order valence-corrected chi connectivity index (χ4v) is 7.35. The summed E-state index contributed by atoms with van der Waals surface area (Å²) in [5.41, 5.74) is 9.68. The zero-order valence-corrected chi connectivity index (χ0v) is 20.7. The van der Waals surface area contributed by atoms with Crippen molar-refractivity contribution >= 4 is 44.1 Å². The van der Waals surface area contributed by atoms with E-state index in [9.17, 15) is 4.79 Å². The molecule has 0 aromatic rings. The Balaban J connectivity index is 5.35. The van der Waals surface area contributed by atoms with Crippen molar-refractivity contribution in [1.29, 1.82) is 0 Å². The maximum atomic E-state index is 11.8. The molecular formula is C17H28O5Si4. The van der Waals surface area contributed by atoms with Crippen LogP contribution in [0.2, 0.25) is 0 Å². The second-order valence-electron chi connectivity index (χ2n) is 6.36. The minimum atomic E-state index is -3.19. The molecule has 0 aromatic heterocycles. The fraction of sp³-hybridized carbons (Fsp3) is 0.471. The number of allylic oxidation sites excluding steroid dienone is 3. The van der Waals surface area contributed by atoms with E-state index < -0.39 is 14.8 Å². The maximum Gasteiger partial charge on any atom is 0.509 e. The molecule has 0 N–H and O–H groups in total. The van der Waals surface area contributed by atoms with E-state index in [1.165, 1.54) is 0 Å². The Labute approximate surface area is 166 Å². The molecule has 0 saturated heterocycles. The molecule has 26 heavy (non-hydrogen) atoms. The maximum absolute atomic E-state index is 11.8. The van der Waals surface area contributed by atoms with Crippen LogP contribution >= 0.6 is 0 Å². The van der Waals surface area contributed by atoms with Crippen LogP contribution in [-0.4, -0.2) is 50.3 Å². The van der Waals surface area contributed by atoms with Gasteiger partial charge in [-0.25, -0.2) is 4.79 Å². The van der Waals surface area contributed by atoms with Gasteiger partial charge in [-0.2, -0.15) is 0 Å². The smallest absolute Gasteiger partial charge is 0.458 e. The minimum Gasteiger partial charge on any atom is -0.458 e. The van der Waals surface area contributed by atoms with Gasteiger partial charge in [0.15, 0.2) is 6.23 Å². The Morgan fingerprint density at radius 3 is 1.42 bits per heavy atom. The van der Waals surface area contributed by atoms with Crippen LogP contribution in [0.4, 0.5) is 0 Å². The molecule has 0 aromatic carbocycles. The lowest BCUT2D eigenvalue weighted by Gasteiger charge is -2.28. The first-order chi connectivity index (χ1) is 12.1. The lowest BCUT2D eigenvalue weighted by Crippen LogP contribution is -2.53. The quantitative estimate of drug-likeness (QED) is 0.273. The monoisotopic (exact) mass is 424 g/mol. The Morgan fingerprint density at radius 1 is 0.808 bits per heavy atom. The molecule has 0 rings (SSSR count). The first-order valence-corrected chi connectivity index (χ1v) is 13.0. The van der Waals surface area contributed by atoms with Gasteiger partial charge in [0.05, 0.1) is 0 Å². The highest BCUT2D eigenvalue weighted by Gasteiger charge is 2.42. The molecule has 5 nitrogen and oxygen atoms in total. The average Bonchev–Trinajstić information content (AvgIpc) is 2.51. The zero-order valence-electron chi connectivity index (χ0n) is 16.7. The Hall–Kier alpha value is -0.822. The van der Waals surface area contributed by atoms with Crippen LogP contribution in [0.15, 0.2) is 46.0 Å². The normalized spacial score (nSPS) is 10.7. The summed E-state index contributed by atoms with van der Waals surface area (Å²) in [5, 5.41) is 0. The molecule has 0 fully saturated rings. The Bertz CT molecular complexity index is 502. The van der Waals surface area contributed by atoms with Crippen LogP contribution in [0.3, 0.4) is 0 Å². The predicted octanol–water partition coefficient (Wildman–Crippen LogP) is 3.26. The van der Waals surface area contributed by atoms with E-state index in [-0.39, 0.29) is 35.5 Å². The summed E-state index contributed by atoms with van der Waals surface area (Å²) in [7, 11) is -2.95. The van der Waals surface area contributed by atoms with Gasteiger partial charge in [-0.3, -0.25) is 0 Å². The first-order valence-electron chi connectivity index (χ1n) is 8.11. The van der Waals surface area contributed by atoms with E-state index in [0.29, 0.717) is 5.57 Å². The minimum absolute atomic E-state index is 0.0322. The van der Waals surface area contributed by atoms with Gasteiger partial charge in [-0.15, -0.1) is 0 Å². The molecule has 0 aliphatic rings. The van der Waals surface area contributed by atoms with E-state index in [0.717, 1.165) is 16.7 Å². The lowest BCUT2D eigenvalue weighted by atomic mass is 10.4. The number of hydrogen-bond donors (Lipinski definition) is 0. The second-order valence-corrected chi connectivity index (χ2v) is 12.0. The van der Waals surface area contributed by atoms with Gasteiger partial charge in [0.2, 0.25) is 0 Å². The van der Waals surface area contributed by atoms with E-state index in [4.69, 9.17) is 17.1 Å². The summed E-state index contributed by atoms with van der Waals surface area (Å²) in [4.78, 5) is 11.8. The van der Waals surface area contributed by atoms with Gasteiger partial charge < -0.3 is 17.1 Å². The van der Waals surface area contributed by atoms with Crippen molar-refractivity contribution in [2.24, 2.45) is 0 Å². The van der Waals surface area contributed by atoms with Crippen molar-refractivity contribution in [3.05, 3.63) is 46.0 Å². The number of carbonyl (C=O) groups is 1. The number of rotatable bonds is 12. The van der Waals surface area contributed by atoms with Crippen LogP contribution in [0.25, 0.3) is 0 Å². The molecule has 0 saturated carbocycles. The Morgan fingerprint density at radius 2 is 1.15 bits per heavy atom. The summed E-state index contributed by atoms with van der Waals surface area (Å²) >= 11 is 0. The average molecular weight is 425 g/mol. The molecule has 0 amide bonds. The third kappa shape index (κ3) is 12.5. The van der Waals surface area contributed by atoms with E-state index >= 15 is 0 Å². The summed E-state index contributed by atoms with van der Waals surface area (Å²) in [6, 6.07) is 0. The first kappa shape index (κ1) is 25.2. The molecule has 0 aliphatic heterocycles. The number of ether oxygens (including phenoxy) is 1. The van der Waals surface area contributed by atoms with Gasteiger partial charge in [0.25, 0.3) is 29.3 Å². The molecule has 0 heterocycles. The third-order valence-electron chi connectivity index (χ3n) is 2.41. The number of hydrogen-bond acceptors (Lipinski definition) is 5.